The van der Waals surface area contributed by atoms with Crippen LogP contribution in [-0.4, -0.2) is 25.2 Å². The summed E-state index contributed by atoms with van der Waals surface area (Å²) in [7, 11) is 0. The van der Waals surface area contributed by atoms with Gasteiger partial charge in [0.15, 0.2) is 0 Å². The number of unbranched alkanes of at least 4 members (excludes halogenated alkanes) is 12. The van der Waals surface area contributed by atoms with Crippen molar-refractivity contribution in [2.75, 3.05) is 18.5 Å². The standard InChI is InChI=1S/C33H49NO4/c1-4-5-6-7-8-9-10-11-12-13-14-15-16-24-32(35)37-25-26-38-33(36)29-21-17-18-22-31(29)34-30-23-19-20-27(2)28(30)3/h17-23,34H,4-16,24-26H2,1-3H3. The zero-order valence-electron chi connectivity index (χ0n) is 24.0. The third-order valence-corrected chi connectivity index (χ3v) is 7.08. The first-order chi connectivity index (χ1) is 18.5. The lowest BCUT2D eigenvalue weighted by Gasteiger charge is -2.14. The molecule has 0 saturated carbocycles. The Morgan fingerprint density at radius 2 is 1.21 bits per heavy atom. The van der Waals surface area contributed by atoms with E-state index >= 15 is 0 Å². The van der Waals surface area contributed by atoms with Crippen molar-refractivity contribution in [2.45, 2.75) is 111 Å². The molecule has 0 aromatic heterocycles. The van der Waals surface area contributed by atoms with Gasteiger partial charge in [-0.2, -0.15) is 0 Å². The Morgan fingerprint density at radius 3 is 1.87 bits per heavy atom. The van der Waals surface area contributed by atoms with E-state index in [1.807, 2.05) is 31.2 Å². The zero-order valence-corrected chi connectivity index (χ0v) is 24.0. The zero-order chi connectivity index (χ0) is 27.4. The number of para-hydroxylation sites is 1. The second-order valence-corrected chi connectivity index (χ2v) is 10.3. The lowest BCUT2D eigenvalue weighted by atomic mass is 10.0. The fraction of sp³-hybridized carbons (Fsp3) is 0.576. The number of carbonyl (C=O) groups is 2. The maximum absolute atomic E-state index is 12.7. The quantitative estimate of drug-likeness (QED) is 0.138. The van der Waals surface area contributed by atoms with Crippen molar-refractivity contribution in [1.82, 2.24) is 0 Å². The monoisotopic (exact) mass is 523 g/mol. The van der Waals surface area contributed by atoms with Gasteiger partial charge < -0.3 is 14.8 Å². The molecule has 0 atom stereocenters. The lowest BCUT2D eigenvalue weighted by molar-refractivity contribution is -0.144. The number of esters is 2. The first-order valence-electron chi connectivity index (χ1n) is 14.8. The molecule has 0 radical (unpaired) electrons. The fourth-order valence-electron chi connectivity index (χ4n) is 4.53. The fourth-order valence-corrected chi connectivity index (χ4v) is 4.53. The molecule has 38 heavy (non-hydrogen) atoms. The molecule has 0 bridgehead atoms. The molecule has 0 saturated heterocycles. The number of nitrogens with one attached hydrogen (secondary N) is 1. The largest absolute Gasteiger partial charge is 0.462 e. The Kier molecular flexibility index (Phi) is 15.9. The van der Waals surface area contributed by atoms with Gasteiger partial charge in [-0.25, -0.2) is 4.79 Å². The Morgan fingerprint density at radius 1 is 0.658 bits per heavy atom. The van der Waals surface area contributed by atoms with Crippen molar-refractivity contribution in [3.8, 4) is 0 Å². The van der Waals surface area contributed by atoms with Crippen molar-refractivity contribution >= 4 is 23.3 Å². The molecule has 0 aliphatic rings. The number of hydrogen-bond donors (Lipinski definition) is 1. The Labute approximate surface area is 230 Å². The van der Waals surface area contributed by atoms with E-state index in [-0.39, 0.29) is 19.2 Å². The minimum atomic E-state index is -0.439. The van der Waals surface area contributed by atoms with Crippen LogP contribution >= 0.6 is 0 Å². The van der Waals surface area contributed by atoms with Crippen LogP contribution in [0.1, 0.15) is 118 Å². The van der Waals surface area contributed by atoms with Crippen LogP contribution in [0.25, 0.3) is 0 Å². The molecule has 2 aromatic carbocycles. The van der Waals surface area contributed by atoms with E-state index in [0.717, 1.165) is 24.1 Å². The first kappa shape index (κ1) is 31.4. The summed E-state index contributed by atoms with van der Waals surface area (Å²) in [5, 5.41) is 3.34. The number of ether oxygens (including phenoxy) is 2. The Bertz CT molecular complexity index is 956. The summed E-state index contributed by atoms with van der Waals surface area (Å²) in [5.41, 5.74) is 4.39. The van der Waals surface area contributed by atoms with Crippen molar-refractivity contribution < 1.29 is 19.1 Å². The molecule has 5 nitrogen and oxygen atoms in total. The van der Waals surface area contributed by atoms with Gasteiger partial charge in [0.1, 0.15) is 13.2 Å². The number of benzene rings is 2. The van der Waals surface area contributed by atoms with E-state index in [1.165, 1.54) is 76.2 Å². The van der Waals surface area contributed by atoms with Gasteiger partial charge in [0.25, 0.3) is 0 Å². The molecule has 5 heteroatoms. The summed E-state index contributed by atoms with van der Waals surface area (Å²) in [6.07, 6.45) is 17.0. The maximum atomic E-state index is 12.7. The molecule has 0 aliphatic carbocycles. The molecule has 1 N–H and O–H groups in total. The van der Waals surface area contributed by atoms with Crippen LogP contribution in [0.2, 0.25) is 0 Å². The van der Waals surface area contributed by atoms with Gasteiger partial charge in [-0.3, -0.25) is 4.79 Å². The van der Waals surface area contributed by atoms with E-state index < -0.39 is 5.97 Å². The molecule has 2 rings (SSSR count). The summed E-state index contributed by atoms with van der Waals surface area (Å²) in [6, 6.07) is 13.3. The van der Waals surface area contributed by atoms with Crippen molar-refractivity contribution in [3.63, 3.8) is 0 Å². The second-order valence-electron chi connectivity index (χ2n) is 10.3. The van der Waals surface area contributed by atoms with E-state index in [4.69, 9.17) is 9.47 Å². The number of hydrogen-bond acceptors (Lipinski definition) is 5. The van der Waals surface area contributed by atoms with Gasteiger partial charge in [0.2, 0.25) is 0 Å². The van der Waals surface area contributed by atoms with Crippen LogP contribution in [0.15, 0.2) is 42.5 Å². The minimum absolute atomic E-state index is 0.0426. The summed E-state index contributed by atoms with van der Waals surface area (Å²) in [4.78, 5) is 24.7. The molecule has 0 fully saturated rings. The smallest absolute Gasteiger partial charge is 0.340 e. The summed E-state index contributed by atoms with van der Waals surface area (Å²) < 4.78 is 10.6. The van der Waals surface area contributed by atoms with Crippen LogP contribution in [0.5, 0.6) is 0 Å². The highest BCUT2D eigenvalue weighted by molar-refractivity contribution is 5.96. The average molecular weight is 524 g/mol. The first-order valence-corrected chi connectivity index (χ1v) is 14.8. The van der Waals surface area contributed by atoms with Gasteiger partial charge in [-0.1, -0.05) is 108 Å². The van der Waals surface area contributed by atoms with Gasteiger partial charge in [0, 0.05) is 12.1 Å². The predicted molar refractivity (Wildman–Crippen MR) is 157 cm³/mol. The number of carbonyl (C=O) groups excluding carboxylic acids is 2. The second kappa shape index (κ2) is 19.3. The number of aryl methyl sites for hydroxylation is 1. The summed E-state index contributed by atoms with van der Waals surface area (Å²) >= 11 is 0. The molecular formula is C33H49NO4. The summed E-state index contributed by atoms with van der Waals surface area (Å²) in [6.45, 7) is 6.49. The molecule has 0 spiro atoms. The maximum Gasteiger partial charge on any atom is 0.340 e. The highest BCUT2D eigenvalue weighted by Crippen LogP contribution is 2.25. The third kappa shape index (κ3) is 12.6. The van der Waals surface area contributed by atoms with Crippen LogP contribution in [-0.2, 0) is 14.3 Å². The van der Waals surface area contributed by atoms with E-state index in [2.05, 4.69) is 25.2 Å². The summed E-state index contributed by atoms with van der Waals surface area (Å²) in [5.74, 6) is -0.660. The minimum Gasteiger partial charge on any atom is -0.462 e. The SMILES string of the molecule is CCCCCCCCCCCCCCCC(=O)OCCOC(=O)c1ccccc1Nc1cccc(C)c1C. The van der Waals surface area contributed by atoms with Crippen molar-refractivity contribution in [3.05, 3.63) is 59.2 Å². The van der Waals surface area contributed by atoms with Crippen LogP contribution in [0.4, 0.5) is 11.4 Å². The number of anilines is 2. The van der Waals surface area contributed by atoms with Crippen LogP contribution < -0.4 is 5.32 Å². The van der Waals surface area contributed by atoms with Gasteiger partial charge in [-0.15, -0.1) is 0 Å². The molecule has 0 unspecified atom stereocenters. The third-order valence-electron chi connectivity index (χ3n) is 7.08. The molecule has 210 valence electrons. The van der Waals surface area contributed by atoms with Gasteiger partial charge in [-0.05, 0) is 49.6 Å². The van der Waals surface area contributed by atoms with Gasteiger partial charge >= 0.3 is 11.9 Å². The highest BCUT2D eigenvalue weighted by atomic mass is 16.6. The van der Waals surface area contributed by atoms with Crippen LogP contribution in [0, 0.1) is 13.8 Å². The molecule has 2 aromatic rings. The average Bonchev–Trinajstić information content (AvgIpc) is 2.92. The van der Waals surface area contributed by atoms with Crippen molar-refractivity contribution in [2.24, 2.45) is 0 Å². The number of rotatable bonds is 20. The van der Waals surface area contributed by atoms with Crippen LogP contribution in [0.3, 0.4) is 0 Å². The topological polar surface area (TPSA) is 64.6 Å². The Hall–Kier alpha value is -2.82. The van der Waals surface area contributed by atoms with Crippen molar-refractivity contribution in [1.29, 1.82) is 0 Å². The molecule has 0 amide bonds. The molecule has 0 heterocycles. The highest BCUT2D eigenvalue weighted by Gasteiger charge is 2.14. The molecule has 0 aliphatic heterocycles. The van der Waals surface area contributed by atoms with Gasteiger partial charge in [0.05, 0.1) is 11.3 Å². The Balaban J connectivity index is 1.53. The molecular weight excluding hydrogens is 474 g/mol. The normalized spacial score (nSPS) is 10.8. The van der Waals surface area contributed by atoms with E-state index in [0.29, 0.717) is 17.7 Å². The predicted octanol–water partition coefficient (Wildman–Crippen LogP) is 9.23. The van der Waals surface area contributed by atoms with E-state index in [1.54, 1.807) is 12.1 Å². The lowest BCUT2D eigenvalue weighted by Crippen LogP contribution is -2.15. The van der Waals surface area contributed by atoms with E-state index in [9.17, 15) is 9.59 Å².